The Morgan fingerprint density at radius 3 is 2.50 bits per heavy atom. The molecule has 0 aliphatic rings. The van der Waals surface area contributed by atoms with Gasteiger partial charge in [0.15, 0.2) is 0 Å². The van der Waals surface area contributed by atoms with E-state index in [4.69, 9.17) is 23.2 Å². The predicted octanol–water partition coefficient (Wildman–Crippen LogP) is 2.82. The van der Waals surface area contributed by atoms with Crippen LogP contribution in [0.25, 0.3) is 0 Å². The first-order valence-electron chi connectivity index (χ1n) is 3.56. The van der Waals surface area contributed by atoms with E-state index in [1.807, 2.05) is 6.92 Å². The van der Waals surface area contributed by atoms with Crippen LogP contribution in [-0.2, 0) is 5.11 Å². The third kappa shape index (κ3) is 5.33. The van der Waals surface area contributed by atoms with Gasteiger partial charge in [-0.3, -0.25) is 0 Å². The lowest BCUT2D eigenvalue weighted by Gasteiger charge is -2.08. The zero-order valence-electron chi connectivity index (χ0n) is 6.15. The molecule has 2 atom stereocenters. The first-order valence-corrected chi connectivity index (χ1v) is 4.53. The molecule has 0 N–H and O–H groups in total. The molecule has 10 heavy (non-hydrogen) atoms. The van der Waals surface area contributed by atoms with Gasteiger partial charge in [-0.05, 0) is 12.8 Å². The van der Waals surface area contributed by atoms with Crippen LogP contribution in [0.4, 0.5) is 0 Å². The SMILES string of the molecule is CCCC([O])CC(Cl)CCl. The maximum atomic E-state index is 11.0. The molecule has 0 aromatic heterocycles. The summed E-state index contributed by atoms with van der Waals surface area (Å²) in [5.41, 5.74) is 0. The molecule has 2 unspecified atom stereocenters. The molecule has 0 aliphatic heterocycles. The topological polar surface area (TPSA) is 19.9 Å². The van der Waals surface area contributed by atoms with E-state index in [1.165, 1.54) is 0 Å². The Balaban J connectivity index is 3.27. The molecule has 0 aromatic rings. The fraction of sp³-hybridized carbons (Fsp3) is 1.00. The minimum atomic E-state index is -0.522. The van der Waals surface area contributed by atoms with Crippen molar-refractivity contribution < 1.29 is 5.11 Å². The van der Waals surface area contributed by atoms with Gasteiger partial charge in [-0.2, -0.15) is 0 Å². The van der Waals surface area contributed by atoms with Gasteiger partial charge in [0.05, 0.1) is 6.10 Å². The Labute approximate surface area is 72.3 Å². The van der Waals surface area contributed by atoms with E-state index in [-0.39, 0.29) is 5.38 Å². The van der Waals surface area contributed by atoms with Gasteiger partial charge in [0, 0.05) is 11.3 Å². The molecular formula is C7H13Cl2O. The standard InChI is InChI=1S/C7H13Cl2O/c1-2-3-7(10)4-6(9)5-8/h6-7H,2-5H2,1H3. The molecular weight excluding hydrogens is 171 g/mol. The number of rotatable bonds is 5. The van der Waals surface area contributed by atoms with Crippen molar-refractivity contribution in [1.29, 1.82) is 0 Å². The van der Waals surface area contributed by atoms with Crippen molar-refractivity contribution in [3.63, 3.8) is 0 Å². The molecule has 0 saturated carbocycles. The summed E-state index contributed by atoms with van der Waals surface area (Å²) in [4.78, 5) is 0. The quantitative estimate of drug-likeness (QED) is 0.585. The minimum Gasteiger partial charge on any atom is -0.233 e. The van der Waals surface area contributed by atoms with Gasteiger partial charge in [-0.15, -0.1) is 23.2 Å². The first-order chi connectivity index (χ1) is 4.70. The average molecular weight is 184 g/mol. The van der Waals surface area contributed by atoms with E-state index < -0.39 is 6.10 Å². The van der Waals surface area contributed by atoms with E-state index in [2.05, 4.69) is 0 Å². The molecule has 0 rings (SSSR count). The van der Waals surface area contributed by atoms with E-state index >= 15 is 0 Å². The average Bonchev–Trinajstić information content (AvgIpc) is 1.88. The molecule has 0 spiro atoms. The Bertz CT molecular complexity index is 78.0. The Kier molecular flexibility index (Phi) is 6.60. The van der Waals surface area contributed by atoms with Crippen molar-refractivity contribution in [3.05, 3.63) is 0 Å². The third-order valence-corrected chi connectivity index (χ3v) is 2.16. The smallest absolute Gasteiger partial charge is 0.0944 e. The number of hydrogen-bond donors (Lipinski definition) is 0. The largest absolute Gasteiger partial charge is 0.233 e. The van der Waals surface area contributed by atoms with Gasteiger partial charge < -0.3 is 0 Å². The molecule has 1 radical (unpaired) electrons. The van der Waals surface area contributed by atoms with Crippen LogP contribution in [0, 0.1) is 0 Å². The summed E-state index contributed by atoms with van der Waals surface area (Å²) in [5.74, 6) is 0.379. The summed E-state index contributed by atoms with van der Waals surface area (Å²) >= 11 is 11.1. The minimum absolute atomic E-state index is 0.143. The van der Waals surface area contributed by atoms with Gasteiger partial charge in [0.25, 0.3) is 0 Å². The van der Waals surface area contributed by atoms with Gasteiger partial charge in [-0.25, -0.2) is 5.11 Å². The van der Waals surface area contributed by atoms with E-state index in [0.29, 0.717) is 18.7 Å². The fourth-order valence-corrected chi connectivity index (χ4v) is 1.11. The van der Waals surface area contributed by atoms with Gasteiger partial charge in [-0.1, -0.05) is 13.3 Å². The van der Waals surface area contributed by atoms with Crippen LogP contribution in [0.1, 0.15) is 26.2 Å². The first kappa shape index (κ1) is 10.5. The van der Waals surface area contributed by atoms with Crippen molar-refractivity contribution in [2.24, 2.45) is 0 Å². The van der Waals surface area contributed by atoms with E-state index in [1.54, 1.807) is 0 Å². The fourth-order valence-electron chi connectivity index (χ4n) is 0.788. The second-order valence-electron chi connectivity index (χ2n) is 2.40. The molecule has 0 heterocycles. The highest BCUT2D eigenvalue weighted by Crippen LogP contribution is 2.11. The predicted molar refractivity (Wildman–Crippen MR) is 44.4 cm³/mol. The Hall–Kier alpha value is 0.540. The second-order valence-corrected chi connectivity index (χ2v) is 3.32. The number of alkyl halides is 2. The lowest BCUT2D eigenvalue weighted by Crippen LogP contribution is -2.12. The molecule has 0 bridgehead atoms. The van der Waals surface area contributed by atoms with Crippen LogP contribution in [0.3, 0.4) is 0 Å². The van der Waals surface area contributed by atoms with Crippen LogP contribution >= 0.6 is 23.2 Å². The normalized spacial score (nSPS) is 16.8. The molecule has 3 heteroatoms. The third-order valence-electron chi connectivity index (χ3n) is 1.30. The van der Waals surface area contributed by atoms with Crippen molar-refractivity contribution in [2.75, 3.05) is 5.88 Å². The monoisotopic (exact) mass is 183 g/mol. The van der Waals surface area contributed by atoms with E-state index in [0.717, 1.165) is 6.42 Å². The summed E-state index contributed by atoms with van der Waals surface area (Å²) in [6, 6.07) is 0. The van der Waals surface area contributed by atoms with Crippen LogP contribution in [0.5, 0.6) is 0 Å². The second kappa shape index (κ2) is 6.26. The molecule has 0 saturated heterocycles. The van der Waals surface area contributed by atoms with Crippen LogP contribution in [-0.4, -0.2) is 17.4 Å². The van der Waals surface area contributed by atoms with Crippen LogP contribution in [0.2, 0.25) is 0 Å². The summed E-state index contributed by atoms with van der Waals surface area (Å²) < 4.78 is 0. The number of halogens is 2. The van der Waals surface area contributed by atoms with Gasteiger partial charge >= 0.3 is 0 Å². The van der Waals surface area contributed by atoms with Gasteiger partial charge in [0.1, 0.15) is 0 Å². The zero-order chi connectivity index (χ0) is 7.98. The van der Waals surface area contributed by atoms with Crippen molar-refractivity contribution >= 4 is 23.2 Å². The van der Waals surface area contributed by atoms with Crippen molar-refractivity contribution in [1.82, 2.24) is 0 Å². The lowest BCUT2D eigenvalue weighted by atomic mass is 10.1. The maximum Gasteiger partial charge on any atom is 0.0944 e. The van der Waals surface area contributed by atoms with E-state index in [9.17, 15) is 5.11 Å². The van der Waals surface area contributed by atoms with Crippen molar-refractivity contribution in [3.8, 4) is 0 Å². The summed E-state index contributed by atoms with van der Waals surface area (Å²) in [5, 5.41) is 10.8. The summed E-state index contributed by atoms with van der Waals surface area (Å²) in [7, 11) is 0. The zero-order valence-corrected chi connectivity index (χ0v) is 7.66. The molecule has 0 amide bonds. The van der Waals surface area contributed by atoms with Crippen LogP contribution < -0.4 is 0 Å². The highest BCUT2D eigenvalue weighted by atomic mass is 35.5. The maximum absolute atomic E-state index is 11.0. The Morgan fingerprint density at radius 2 is 2.10 bits per heavy atom. The molecule has 0 aliphatic carbocycles. The molecule has 0 fully saturated rings. The van der Waals surface area contributed by atoms with Gasteiger partial charge in [0.2, 0.25) is 0 Å². The Morgan fingerprint density at radius 1 is 1.50 bits per heavy atom. The molecule has 0 aromatic carbocycles. The molecule has 61 valence electrons. The lowest BCUT2D eigenvalue weighted by molar-refractivity contribution is 0.0735. The highest BCUT2D eigenvalue weighted by molar-refractivity contribution is 6.28. The number of hydrogen-bond acceptors (Lipinski definition) is 0. The molecule has 1 nitrogen and oxygen atoms in total. The summed E-state index contributed by atoms with van der Waals surface area (Å²) in [6.07, 6.45) is 1.62. The van der Waals surface area contributed by atoms with Crippen LogP contribution in [0.15, 0.2) is 0 Å². The van der Waals surface area contributed by atoms with Crippen molar-refractivity contribution in [2.45, 2.75) is 37.7 Å². The summed E-state index contributed by atoms with van der Waals surface area (Å²) in [6.45, 7) is 1.99. The highest BCUT2D eigenvalue weighted by Gasteiger charge is 2.10.